The smallest absolute Gasteiger partial charge is 0.306 e. The molecule has 0 aromatic carbocycles. The Hall–Kier alpha value is -0.320. The van der Waals surface area contributed by atoms with Crippen molar-refractivity contribution < 1.29 is 18.3 Å². The van der Waals surface area contributed by atoms with E-state index in [1.54, 1.807) is 0 Å². The molecule has 0 radical (unpaired) electrons. The summed E-state index contributed by atoms with van der Waals surface area (Å²) in [5, 5.41) is 0. The van der Waals surface area contributed by atoms with Gasteiger partial charge in [-0.3, -0.25) is 4.79 Å². The molecule has 2 nitrogen and oxygen atoms in total. The summed E-state index contributed by atoms with van der Waals surface area (Å²) in [6.07, 6.45) is -0.296. The van der Waals surface area contributed by atoms with Crippen LogP contribution in [0.25, 0.3) is 0 Å². The van der Waals surface area contributed by atoms with E-state index in [0.717, 1.165) is 0 Å². The monoisotopic (exact) mass is 210 g/mol. The fourth-order valence-corrected chi connectivity index (χ4v) is 2.48. The number of carbonyl (C=O) groups excluding carboxylic acids is 1. The molecule has 13 heavy (non-hydrogen) atoms. The molecule has 1 heterocycles. The van der Waals surface area contributed by atoms with Crippen molar-refractivity contribution in [3.05, 3.63) is 0 Å². The van der Waals surface area contributed by atoms with E-state index in [1.165, 1.54) is 18.9 Å². The number of ether oxygens (including phenoxy) is 1. The van der Waals surface area contributed by atoms with Crippen LogP contribution in [0.15, 0.2) is 0 Å². The van der Waals surface area contributed by atoms with Gasteiger partial charge in [0.05, 0.1) is 13.5 Å². The van der Waals surface area contributed by atoms with Gasteiger partial charge in [-0.15, -0.1) is 0 Å². The van der Waals surface area contributed by atoms with Crippen LogP contribution in [0.5, 0.6) is 0 Å². The van der Waals surface area contributed by atoms with Gasteiger partial charge in [-0.05, 0) is 5.75 Å². The largest absolute Gasteiger partial charge is 0.469 e. The number of alkyl halides is 2. The molecular formula is C8H12F2O2S. The first kappa shape index (κ1) is 10.8. The molecular weight excluding hydrogens is 198 g/mol. The molecule has 1 aliphatic rings. The molecule has 1 unspecified atom stereocenters. The third-order valence-electron chi connectivity index (χ3n) is 2.14. The quantitative estimate of drug-likeness (QED) is 0.651. The molecule has 0 saturated carbocycles. The van der Waals surface area contributed by atoms with Crippen LogP contribution in [0.3, 0.4) is 0 Å². The summed E-state index contributed by atoms with van der Waals surface area (Å²) in [7, 11) is 1.22. The second-order valence-electron chi connectivity index (χ2n) is 3.06. The van der Waals surface area contributed by atoms with E-state index in [-0.39, 0.29) is 12.8 Å². The van der Waals surface area contributed by atoms with Crippen molar-refractivity contribution in [3.63, 3.8) is 0 Å². The molecule has 0 aliphatic carbocycles. The molecule has 76 valence electrons. The van der Waals surface area contributed by atoms with Crippen LogP contribution < -0.4 is 0 Å². The summed E-state index contributed by atoms with van der Waals surface area (Å²) in [5.74, 6) is -3.27. The van der Waals surface area contributed by atoms with Crippen LogP contribution >= 0.6 is 11.8 Å². The number of carbonyl (C=O) groups is 1. The molecule has 0 aromatic heterocycles. The van der Waals surface area contributed by atoms with Crippen molar-refractivity contribution in [3.8, 4) is 0 Å². The van der Waals surface area contributed by atoms with Crippen LogP contribution in [0, 0.1) is 5.92 Å². The van der Waals surface area contributed by atoms with Gasteiger partial charge in [0.1, 0.15) is 0 Å². The van der Waals surface area contributed by atoms with Crippen molar-refractivity contribution in [2.45, 2.75) is 18.8 Å². The first-order valence-electron chi connectivity index (χ1n) is 4.08. The number of thioether (sulfide) groups is 1. The van der Waals surface area contributed by atoms with Crippen LogP contribution in [-0.2, 0) is 9.53 Å². The van der Waals surface area contributed by atoms with E-state index in [4.69, 9.17) is 0 Å². The highest BCUT2D eigenvalue weighted by atomic mass is 32.2. The number of hydrogen-bond donors (Lipinski definition) is 0. The van der Waals surface area contributed by atoms with Crippen molar-refractivity contribution in [2.75, 3.05) is 18.6 Å². The summed E-state index contributed by atoms with van der Waals surface area (Å²) in [6, 6.07) is 0. The maximum atomic E-state index is 13.1. The van der Waals surface area contributed by atoms with Crippen LogP contribution in [0.1, 0.15) is 12.8 Å². The van der Waals surface area contributed by atoms with Gasteiger partial charge in [-0.2, -0.15) is 11.8 Å². The highest BCUT2D eigenvalue weighted by Gasteiger charge is 2.42. The van der Waals surface area contributed by atoms with Gasteiger partial charge < -0.3 is 4.74 Å². The molecule has 0 bridgehead atoms. The second kappa shape index (κ2) is 4.26. The SMILES string of the molecule is COC(=O)CC1CSCCC1(F)F. The molecule has 1 fully saturated rings. The van der Waals surface area contributed by atoms with Crippen molar-refractivity contribution in [2.24, 2.45) is 5.92 Å². The molecule has 1 saturated heterocycles. The minimum atomic E-state index is -2.70. The van der Waals surface area contributed by atoms with Gasteiger partial charge in [0.15, 0.2) is 0 Å². The Morgan fingerprint density at radius 2 is 2.38 bits per heavy atom. The highest BCUT2D eigenvalue weighted by Crippen LogP contribution is 2.38. The van der Waals surface area contributed by atoms with E-state index >= 15 is 0 Å². The maximum absolute atomic E-state index is 13.1. The predicted octanol–water partition coefficient (Wildman–Crippen LogP) is 1.94. The topological polar surface area (TPSA) is 26.3 Å². The zero-order valence-corrected chi connectivity index (χ0v) is 8.20. The third-order valence-corrected chi connectivity index (χ3v) is 3.27. The number of rotatable bonds is 2. The Morgan fingerprint density at radius 3 is 2.92 bits per heavy atom. The number of halogens is 2. The molecule has 1 aliphatic heterocycles. The van der Waals surface area contributed by atoms with Crippen molar-refractivity contribution in [1.82, 2.24) is 0 Å². The lowest BCUT2D eigenvalue weighted by molar-refractivity contribution is -0.146. The lowest BCUT2D eigenvalue weighted by Gasteiger charge is -2.29. The third kappa shape index (κ3) is 2.83. The van der Waals surface area contributed by atoms with Gasteiger partial charge in [-0.1, -0.05) is 0 Å². The average Bonchev–Trinajstić information content (AvgIpc) is 2.08. The van der Waals surface area contributed by atoms with Crippen molar-refractivity contribution >= 4 is 17.7 Å². The molecule has 5 heteroatoms. The first-order chi connectivity index (χ1) is 6.06. The number of esters is 1. The predicted molar refractivity (Wildman–Crippen MR) is 47.0 cm³/mol. The molecule has 1 rings (SSSR count). The maximum Gasteiger partial charge on any atom is 0.306 e. The van der Waals surface area contributed by atoms with E-state index < -0.39 is 17.8 Å². The fraction of sp³-hybridized carbons (Fsp3) is 0.875. The summed E-state index contributed by atoms with van der Waals surface area (Å²) < 4.78 is 30.7. The minimum Gasteiger partial charge on any atom is -0.469 e. The molecule has 0 amide bonds. The van der Waals surface area contributed by atoms with E-state index in [2.05, 4.69) is 4.74 Å². The number of methoxy groups -OCH3 is 1. The van der Waals surface area contributed by atoms with Gasteiger partial charge >= 0.3 is 5.97 Å². The highest BCUT2D eigenvalue weighted by molar-refractivity contribution is 7.99. The zero-order valence-electron chi connectivity index (χ0n) is 7.39. The second-order valence-corrected chi connectivity index (χ2v) is 4.21. The van der Waals surface area contributed by atoms with E-state index in [1.807, 2.05) is 0 Å². The Labute approximate surface area is 80.0 Å². The van der Waals surface area contributed by atoms with Crippen LogP contribution in [0.2, 0.25) is 0 Å². The van der Waals surface area contributed by atoms with Crippen LogP contribution in [0.4, 0.5) is 8.78 Å². The fourth-order valence-electron chi connectivity index (χ4n) is 1.25. The molecule has 0 spiro atoms. The molecule has 0 N–H and O–H groups in total. The lowest BCUT2D eigenvalue weighted by Crippen LogP contribution is -2.36. The average molecular weight is 210 g/mol. The van der Waals surface area contributed by atoms with Gasteiger partial charge in [0.25, 0.3) is 5.92 Å². The Morgan fingerprint density at radius 1 is 1.69 bits per heavy atom. The summed E-state index contributed by atoms with van der Waals surface area (Å²) >= 11 is 1.47. The minimum absolute atomic E-state index is 0.126. The number of hydrogen-bond acceptors (Lipinski definition) is 3. The lowest BCUT2D eigenvalue weighted by atomic mass is 9.97. The standard InChI is InChI=1S/C8H12F2O2S/c1-12-7(11)4-6-5-13-3-2-8(6,9)10/h6H,2-5H2,1H3. The normalized spacial score (nSPS) is 26.8. The first-order valence-corrected chi connectivity index (χ1v) is 5.24. The summed E-state index contributed by atoms with van der Waals surface area (Å²) in [5.41, 5.74) is 0. The molecule has 0 aromatic rings. The van der Waals surface area contributed by atoms with Gasteiger partial charge in [0.2, 0.25) is 0 Å². The van der Waals surface area contributed by atoms with Gasteiger partial charge in [0, 0.05) is 18.1 Å². The Kier molecular flexibility index (Phi) is 3.53. The zero-order chi connectivity index (χ0) is 9.90. The summed E-state index contributed by atoms with van der Waals surface area (Å²) in [6.45, 7) is 0. The van der Waals surface area contributed by atoms with Crippen LogP contribution in [-0.4, -0.2) is 30.5 Å². The van der Waals surface area contributed by atoms with E-state index in [9.17, 15) is 13.6 Å². The Bertz CT molecular complexity index is 197. The molecule has 1 atom stereocenters. The Balaban J connectivity index is 2.51. The summed E-state index contributed by atoms with van der Waals surface area (Å²) in [4.78, 5) is 10.8. The van der Waals surface area contributed by atoms with Crippen molar-refractivity contribution in [1.29, 1.82) is 0 Å². The van der Waals surface area contributed by atoms with Gasteiger partial charge in [-0.25, -0.2) is 8.78 Å². The van der Waals surface area contributed by atoms with E-state index in [0.29, 0.717) is 11.5 Å².